The van der Waals surface area contributed by atoms with E-state index in [2.05, 4.69) is 41.2 Å². The molecule has 0 radical (unpaired) electrons. The molecule has 5 heterocycles. The van der Waals surface area contributed by atoms with Crippen molar-refractivity contribution in [3.8, 4) is 22.8 Å². The van der Waals surface area contributed by atoms with E-state index in [-0.39, 0.29) is 0 Å². The van der Waals surface area contributed by atoms with Gasteiger partial charge in [-0.2, -0.15) is 5.10 Å². The molecule has 0 aromatic carbocycles. The molecule has 0 bridgehead atoms. The Morgan fingerprint density at radius 2 is 2.00 bits per heavy atom. The van der Waals surface area contributed by atoms with Crippen LogP contribution >= 0.6 is 0 Å². The molecule has 0 fully saturated rings. The van der Waals surface area contributed by atoms with Crippen molar-refractivity contribution in [3.63, 3.8) is 0 Å². The summed E-state index contributed by atoms with van der Waals surface area (Å²) in [5, 5.41) is 8.22. The maximum atomic E-state index is 4.55. The van der Waals surface area contributed by atoms with E-state index in [0.29, 0.717) is 17.1 Å². The summed E-state index contributed by atoms with van der Waals surface area (Å²) in [4.78, 5) is 20.9. The molecule has 0 aliphatic rings. The van der Waals surface area contributed by atoms with Gasteiger partial charge in [-0.05, 0) is 25.1 Å². The fourth-order valence-corrected chi connectivity index (χ4v) is 2.95. The summed E-state index contributed by atoms with van der Waals surface area (Å²) in [5.41, 5.74) is 4.98. The Kier molecular flexibility index (Phi) is 2.75. The number of aryl methyl sites for hydroxylation is 1. The van der Waals surface area contributed by atoms with Crippen LogP contribution in [-0.2, 0) is 7.05 Å². The Labute approximate surface area is 142 Å². The van der Waals surface area contributed by atoms with Crippen LogP contribution in [0.15, 0.2) is 36.8 Å². The smallest absolute Gasteiger partial charge is 0.181 e. The molecule has 0 amide bonds. The van der Waals surface area contributed by atoms with Crippen molar-refractivity contribution >= 4 is 22.2 Å². The lowest BCUT2D eigenvalue weighted by molar-refractivity contribution is 0.865. The monoisotopic (exact) mass is 330 g/mol. The van der Waals surface area contributed by atoms with E-state index < -0.39 is 0 Å². The highest BCUT2D eigenvalue weighted by molar-refractivity contribution is 5.92. The van der Waals surface area contributed by atoms with Crippen molar-refractivity contribution in [3.05, 3.63) is 42.6 Å². The van der Waals surface area contributed by atoms with Gasteiger partial charge in [-0.25, -0.2) is 19.9 Å². The summed E-state index contributed by atoms with van der Waals surface area (Å²) in [6.45, 7) is 1.97. The van der Waals surface area contributed by atoms with Gasteiger partial charge in [0.2, 0.25) is 0 Å². The zero-order valence-corrected chi connectivity index (χ0v) is 13.6. The zero-order chi connectivity index (χ0) is 17.0. The van der Waals surface area contributed by atoms with E-state index in [0.717, 1.165) is 33.7 Å². The predicted molar refractivity (Wildman–Crippen MR) is 93.7 cm³/mol. The molecule has 5 aromatic rings. The van der Waals surface area contributed by atoms with Crippen LogP contribution in [0.5, 0.6) is 0 Å². The third kappa shape index (κ3) is 2.04. The Morgan fingerprint density at radius 1 is 1.08 bits per heavy atom. The largest absolute Gasteiger partial charge is 0.335 e. The highest BCUT2D eigenvalue weighted by Crippen LogP contribution is 2.28. The van der Waals surface area contributed by atoms with Crippen LogP contribution in [0.3, 0.4) is 0 Å². The summed E-state index contributed by atoms with van der Waals surface area (Å²) in [6, 6.07) is 5.87. The first-order valence-corrected chi connectivity index (χ1v) is 7.84. The molecule has 0 saturated carbocycles. The number of fused-ring (bicyclic) bond motifs is 2. The third-order valence-electron chi connectivity index (χ3n) is 4.42. The molecule has 0 aliphatic carbocycles. The first-order valence-electron chi connectivity index (χ1n) is 7.84. The van der Waals surface area contributed by atoms with Gasteiger partial charge in [0.05, 0.1) is 22.8 Å². The van der Waals surface area contributed by atoms with Crippen molar-refractivity contribution in [2.45, 2.75) is 6.92 Å². The van der Waals surface area contributed by atoms with Crippen molar-refractivity contribution in [1.29, 1.82) is 0 Å². The topological polar surface area (TPSA) is 101 Å². The van der Waals surface area contributed by atoms with Gasteiger partial charge in [-0.3, -0.25) is 5.10 Å². The third-order valence-corrected chi connectivity index (χ3v) is 4.42. The van der Waals surface area contributed by atoms with Gasteiger partial charge >= 0.3 is 0 Å². The summed E-state index contributed by atoms with van der Waals surface area (Å²) in [5.74, 6) is 1.64. The molecule has 0 atom stereocenters. The van der Waals surface area contributed by atoms with Gasteiger partial charge in [-0.1, -0.05) is 0 Å². The molecular weight excluding hydrogens is 316 g/mol. The number of nitrogens with zero attached hydrogens (tertiary/aromatic N) is 6. The summed E-state index contributed by atoms with van der Waals surface area (Å²) < 4.78 is 2.04. The lowest BCUT2D eigenvalue weighted by Crippen LogP contribution is -1.94. The van der Waals surface area contributed by atoms with Crippen LogP contribution in [0.4, 0.5) is 0 Å². The van der Waals surface area contributed by atoms with Gasteiger partial charge in [0.25, 0.3) is 0 Å². The molecular formula is C17H14N8. The number of aromatic nitrogens is 8. The predicted octanol–water partition coefficient (Wildman–Crippen LogP) is 2.61. The standard InChI is InChI=1S/C17H14N8/c1-9-19-8-13(25(9)2)10-6-11-14(23-24-15(11)20-7-10)17-21-12-4-3-5-18-16(12)22-17/h3-8H,1-2H3,(H,18,21,22)(H,20,23,24). The van der Waals surface area contributed by atoms with Crippen LogP contribution in [-0.4, -0.2) is 39.7 Å². The highest BCUT2D eigenvalue weighted by Gasteiger charge is 2.15. The minimum absolute atomic E-state index is 0.644. The summed E-state index contributed by atoms with van der Waals surface area (Å²) in [6.07, 6.45) is 5.38. The van der Waals surface area contributed by atoms with Gasteiger partial charge < -0.3 is 9.55 Å². The first kappa shape index (κ1) is 13.8. The second kappa shape index (κ2) is 4.97. The normalized spacial score (nSPS) is 11.6. The lowest BCUT2D eigenvalue weighted by Gasteiger charge is -2.03. The molecule has 8 nitrogen and oxygen atoms in total. The van der Waals surface area contributed by atoms with E-state index in [9.17, 15) is 0 Å². The summed E-state index contributed by atoms with van der Waals surface area (Å²) >= 11 is 0. The minimum atomic E-state index is 0.644. The highest BCUT2D eigenvalue weighted by atomic mass is 15.2. The maximum absolute atomic E-state index is 4.55. The molecule has 25 heavy (non-hydrogen) atoms. The fraction of sp³-hybridized carbons (Fsp3) is 0.118. The Morgan fingerprint density at radius 3 is 2.80 bits per heavy atom. The number of imidazole rings is 2. The molecule has 0 spiro atoms. The van der Waals surface area contributed by atoms with Crippen LogP contribution in [0.25, 0.3) is 45.0 Å². The molecule has 0 saturated heterocycles. The van der Waals surface area contributed by atoms with Crippen LogP contribution in [0.2, 0.25) is 0 Å². The lowest BCUT2D eigenvalue weighted by atomic mass is 10.1. The van der Waals surface area contributed by atoms with E-state index in [4.69, 9.17) is 0 Å². The Bertz CT molecular complexity index is 1190. The van der Waals surface area contributed by atoms with Crippen molar-refractivity contribution in [2.24, 2.45) is 7.05 Å². The van der Waals surface area contributed by atoms with Crippen LogP contribution in [0.1, 0.15) is 5.82 Å². The summed E-state index contributed by atoms with van der Waals surface area (Å²) in [7, 11) is 1.99. The number of hydrogen-bond acceptors (Lipinski definition) is 5. The zero-order valence-electron chi connectivity index (χ0n) is 13.6. The number of hydrogen-bond donors (Lipinski definition) is 2. The Balaban J connectivity index is 1.71. The second-order valence-corrected chi connectivity index (χ2v) is 5.90. The molecule has 122 valence electrons. The van der Waals surface area contributed by atoms with Gasteiger partial charge in [0, 0.05) is 25.0 Å². The average Bonchev–Trinajstić information content (AvgIpc) is 3.31. The molecule has 5 rings (SSSR count). The van der Waals surface area contributed by atoms with E-state index in [1.165, 1.54) is 0 Å². The molecule has 0 aliphatic heterocycles. The maximum Gasteiger partial charge on any atom is 0.181 e. The number of H-pyrrole nitrogens is 2. The van der Waals surface area contributed by atoms with E-state index in [1.807, 2.05) is 43.1 Å². The van der Waals surface area contributed by atoms with Gasteiger partial charge in [0.1, 0.15) is 11.5 Å². The van der Waals surface area contributed by atoms with Crippen LogP contribution in [0, 0.1) is 6.92 Å². The number of rotatable bonds is 2. The van der Waals surface area contributed by atoms with E-state index in [1.54, 1.807) is 6.20 Å². The van der Waals surface area contributed by atoms with Crippen molar-refractivity contribution in [2.75, 3.05) is 0 Å². The number of aromatic amines is 2. The molecule has 2 N–H and O–H groups in total. The SMILES string of the molecule is Cc1ncc(-c2cnc3n[nH]c(-c4nc5ncccc5[nH]4)c3c2)n1C. The molecule has 0 unspecified atom stereocenters. The van der Waals surface area contributed by atoms with Crippen molar-refractivity contribution in [1.82, 2.24) is 39.7 Å². The molecule has 5 aromatic heterocycles. The second-order valence-electron chi connectivity index (χ2n) is 5.90. The average molecular weight is 330 g/mol. The fourth-order valence-electron chi connectivity index (χ4n) is 2.95. The molecule has 8 heteroatoms. The number of nitrogens with one attached hydrogen (secondary N) is 2. The van der Waals surface area contributed by atoms with Gasteiger partial charge in [-0.15, -0.1) is 0 Å². The Hall–Kier alpha value is -3.55. The van der Waals surface area contributed by atoms with Crippen LogP contribution < -0.4 is 0 Å². The number of pyridine rings is 2. The minimum Gasteiger partial charge on any atom is -0.335 e. The van der Waals surface area contributed by atoms with Crippen molar-refractivity contribution < 1.29 is 0 Å². The van der Waals surface area contributed by atoms with E-state index >= 15 is 0 Å². The van der Waals surface area contributed by atoms with Gasteiger partial charge in [0.15, 0.2) is 17.1 Å². The first-order chi connectivity index (χ1) is 12.2. The quantitative estimate of drug-likeness (QED) is 0.518.